The zero-order valence-electron chi connectivity index (χ0n) is 8.41. The van der Waals surface area contributed by atoms with Crippen LogP contribution < -0.4 is 9.46 Å². The molecule has 0 aliphatic carbocycles. The van der Waals surface area contributed by atoms with E-state index in [0.717, 1.165) is 13.2 Å². The molecule has 0 radical (unpaired) electrons. The molecule has 0 aliphatic heterocycles. The molecular formula is C10H14NO3P. The molecule has 1 rings (SSSR count). The first-order valence-corrected chi connectivity index (χ1v) is 5.16. The molecule has 0 amide bonds. The number of nitrogens with zero attached hydrogens (tertiary/aromatic N) is 1. The van der Waals surface area contributed by atoms with Crippen molar-refractivity contribution in [3.63, 3.8) is 0 Å². The van der Waals surface area contributed by atoms with Gasteiger partial charge in [0.1, 0.15) is 6.61 Å². The second-order valence-corrected chi connectivity index (χ2v) is 2.70. The fourth-order valence-electron chi connectivity index (χ4n) is 0.920. The fraction of sp³-hybridized carbons (Fsp3) is 0.300. The number of rotatable bonds is 5. The van der Waals surface area contributed by atoms with E-state index in [1.807, 2.05) is 30.6 Å². The lowest BCUT2D eigenvalue weighted by atomic mass is 10.5. The van der Waals surface area contributed by atoms with Gasteiger partial charge in [0, 0.05) is 12.1 Å². The minimum atomic E-state index is -1.08. The lowest BCUT2D eigenvalue weighted by molar-refractivity contribution is -0.698. The molecule has 15 heavy (non-hydrogen) atoms. The first kappa shape index (κ1) is 13.9. The molecule has 82 valence electrons. The van der Waals surface area contributed by atoms with Crippen LogP contribution in [0.25, 0.3) is 0 Å². The molecule has 0 spiro atoms. The highest BCUT2D eigenvalue weighted by molar-refractivity contribution is 7.14. The van der Waals surface area contributed by atoms with Crippen LogP contribution in [-0.4, -0.2) is 13.2 Å². The molecule has 0 aromatic carbocycles. The van der Waals surface area contributed by atoms with E-state index >= 15 is 0 Å². The average molecular weight is 227 g/mol. The van der Waals surface area contributed by atoms with Gasteiger partial charge in [0.25, 0.3) is 0 Å². The Hall–Kier alpha value is -1.09. The predicted molar refractivity (Wildman–Crippen MR) is 55.3 cm³/mol. The minimum Gasteiger partial charge on any atom is -0.772 e. The Morgan fingerprint density at radius 2 is 2.00 bits per heavy atom. The summed E-state index contributed by atoms with van der Waals surface area (Å²) in [6.45, 7) is 5.84. The van der Waals surface area contributed by atoms with E-state index in [1.54, 1.807) is 6.08 Å². The monoisotopic (exact) mass is 227 g/mol. The van der Waals surface area contributed by atoms with Gasteiger partial charge in [-0.25, -0.2) is 4.57 Å². The van der Waals surface area contributed by atoms with Crippen molar-refractivity contribution in [1.82, 2.24) is 0 Å². The van der Waals surface area contributed by atoms with Crippen LogP contribution >= 0.6 is 8.69 Å². The Morgan fingerprint density at radius 3 is 2.53 bits per heavy atom. The van der Waals surface area contributed by atoms with Gasteiger partial charge in [-0.3, -0.25) is 4.57 Å². The third-order valence-electron chi connectivity index (χ3n) is 1.51. The maximum Gasteiger partial charge on any atom is 0.171 e. The predicted octanol–water partition coefficient (Wildman–Crippen LogP) is 0.730. The number of aromatic nitrogens is 1. The standard InChI is InChI=1S/C10H14NO.HO2P/c1-2-9-12-10-8-11-6-4-3-5-7-11;1-3-2/h2-7H,1,8-10H2;(H,1,2)/q+1;/p-1. The van der Waals surface area contributed by atoms with Crippen molar-refractivity contribution in [2.45, 2.75) is 6.54 Å². The third-order valence-corrected chi connectivity index (χ3v) is 1.51. The van der Waals surface area contributed by atoms with E-state index in [4.69, 9.17) is 14.2 Å². The van der Waals surface area contributed by atoms with Gasteiger partial charge in [-0.05, 0) is 0 Å². The van der Waals surface area contributed by atoms with Gasteiger partial charge < -0.3 is 9.63 Å². The van der Waals surface area contributed by atoms with Crippen LogP contribution in [0, 0.1) is 0 Å². The van der Waals surface area contributed by atoms with Gasteiger partial charge in [0.2, 0.25) is 0 Å². The lowest BCUT2D eigenvalue weighted by Crippen LogP contribution is -2.34. The van der Waals surface area contributed by atoms with E-state index in [2.05, 4.69) is 11.1 Å². The average Bonchev–Trinajstić information content (AvgIpc) is 2.27. The second kappa shape index (κ2) is 11.0. The third kappa shape index (κ3) is 9.22. The molecule has 0 bridgehead atoms. The fourth-order valence-corrected chi connectivity index (χ4v) is 0.920. The smallest absolute Gasteiger partial charge is 0.171 e. The molecule has 5 heteroatoms. The van der Waals surface area contributed by atoms with Gasteiger partial charge >= 0.3 is 0 Å². The second-order valence-electron chi connectivity index (χ2n) is 2.55. The molecule has 0 atom stereocenters. The summed E-state index contributed by atoms with van der Waals surface area (Å²) in [5, 5.41) is 0. The molecular weight excluding hydrogens is 213 g/mol. The number of pyridine rings is 1. The van der Waals surface area contributed by atoms with E-state index < -0.39 is 8.69 Å². The van der Waals surface area contributed by atoms with E-state index in [-0.39, 0.29) is 0 Å². The quantitative estimate of drug-likeness (QED) is 0.322. The normalized spacial score (nSPS) is 9.13. The Labute approximate surface area is 91.1 Å². The molecule has 1 aromatic rings. The molecule has 0 unspecified atom stereocenters. The molecule has 1 aromatic heterocycles. The highest BCUT2D eigenvalue weighted by Crippen LogP contribution is 1.79. The zero-order valence-corrected chi connectivity index (χ0v) is 9.31. The maximum atomic E-state index is 8.35. The molecule has 0 saturated carbocycles. The van der Waals surface area contributed by atoms with E-state index in [9.17, 15) is 0 Å². The van der Waals surface area contributed by atoms with Crippen LogP contribution in [0.3, 0.4) is 0 Å². The molecule has 0 saturated heterocycles. The Balaban J connectivity index is 0.000000583. The van der Waals surface area contributed by atoms with Crippen molar-refractivity contribution in [3.05, 3.63) is 43.2 Å². The summed E-state index contributed by atoms with van der Waals surface area (Å²) in [6, 6.07) is 6.02. The number of hydrogen-bond donors (Lipinski definition) is 0. The van der Waals surface area contributed by atoms with Crippen molar-refractivity contribution in [1.29, 1.82) is 0 Å². The molecule has 1 heterocycles. The van der Waals surface area contributed by atoms with Crippen LogP contribution in [0.1, 0.15) is 0 Å². The number of hydrogen-bond acceptors (Lipinski definition) is 3. The van der Waals surface area contributed by atoms with Crippen LogP contribution in [0.4, 0.5) is 0 Å². The topological polar surface area (TPSA) is 53.2 Å². The Kier molecular flexibility index (Phi) is 10.2. The Bertz CT molecular complexity index is 267. The molecule has 0 aliphatic rings. The summed E-state index contributed by atoms with van der Waals surface area (Å²) in [4.78, 5) is 8.35. The van der Waals surface area contributed by atoms with Crippen molar-refractivity contribution < 1.29 is 18.8 Å². The van der Waals surface area contributed by atoms with E-state index in [1.165, 1.54) is 0 Å². The minimum absolute atomic E-state index is 0.632. The zero-order chi connectivity index (χ0) is 11.4. The summed E-state index contributed by atoms with van der Waals surface area (Å²) in [7, 11) is -1.08. The maximum absolute atomic E-state index is 8.35. The van der Waals surface area contributed by atoms with Gasteiger partial charge in [-0.1, -0.05) is 12.1 Å². The summed E-state index contributed by atoms with van der Waals surface area (Å²) in [5.74, 6) is 0. The molecule has 4 nitrogen and oxygen atoms in total. The van der Waals surface area contributed by atoms with Crippen molar-refractivity contribution in [2.75, 3.05) is 13.2 Å². The summed E-state index contributed by atoms with van der Waals surface area (Å²) in [6.07, 6.45) is 5.81. The first-order valence-electron chi connectivity index (χ1n) is 4.42. The van der Waals surface area contributed by atoms with Crippen LogP contribution in [-0.2, 0) is 15.8 Å². The van der Waals surface area contributed by atoms with Crippen molar-refractivity contribution >= 4 is 8.69 Å². The largest absolute Gasteiger partial charge is 0.772 e. The number of ether oxygens (including phenoxy) is 1. The summed E-state index contributed by atoms with van der Waals surface area (Å²) >= 11 is 0. The van der Waals surface area contributed by atoms with Crippen LogP contribution in [0.2, 0.25) is 0 Å². The molecule has 0 fully saturated rings. The van der Waals surface area contributed by atoms with E-state index in [0.29, 0.717) is 6.61 Å². The lowest BCUT2D eigenvalue weighted by Gasteiger charge is -1.96. The Morgan fingerprint density at radius 1 is 1.40 bits per heavy atom. The van der Waals surface area contributed by atoms with Crippen LogP contribution in [0.5, 0.6) is 0 Å². The van der Waals surface area contributed by atoms with Gasteiger partial charge in [-0.15, -0.1) is 6.58 Å². The SMILES string of the molecule is C=CCOCC[n+]1ccccc1.O=P[O-]. The highest BCUT2D eigenvalue weighted by atomic mass is 31.1. The van der Waals surface area contributed by atoms with Gasteiger partial charge in [0.05, 0.1) is 15.3 Å². The highest BCUT2D eigenvalue weighted by Gasteiger charge is 1.95. The van der Waals surface area contributed by atoms with Gasteiger partial charge in [0.15, 0.2) is 18.9 Å². The summed E-state index contributed by atoms with van der Waals surface area (Å²) in [5.41, 5.74) is 0. The van der Waals surface area contributed by atoms with Crippen molar-refractivity contribution in [3.8, 4) is 0 Å². The summed E-state index contributed by atoms with van der Waals surface area (Å²) < 4.78 is 15.7. The van der Waals surface area contributed by atoms with Gasteiger partial charge in [-0.2, -0.15) is 0 Å². The molecule has 0 N–H and O–H groups in total. The van der Waals surface area contributed by atoms with Crippen LogP contribution in [0.15, 0.2) is 43.2 Å². The van der Waals surface area contributed by atoms with Crippen molar-refractivity contribution in [2.24, 2.45) is 0 Å². The first-order chi connectivity index (χ1) is 7.35.